The fourth-order valence-corrected chi connectivity index (χ4v) is 0. The van der Waals surface area contributed by atoms with Crippen LogP contribution in [0.15, 0.2) is 0 Å². The molecule has 0 rings (SSSR count). The fourth-order valence-electron chi connectivity index (χ4n) is 0. The third-order valence-electron chi connectivity index (χ3n) is 0.500. The van der Waals surface area contributed by atoms with Gasteiger partial charge in [-0.1, -0.05) is 26.7 Å². The smallest absolute Gasteiger partial charge is 0 e. The Hall–Kier alpha value is 0.0649. The first kappa shape index (κ1) is 8.91. The molecule has 0 aliphatic rings. The van der Waals surface area contributed by atoms with Gasteiger partial charge in [-0.2, -0.15) is 0 Å². The Balaban J connectivity index is 0. The third-order valence-corrected chi connectivity index (χ3v) is 0.500. The van der Waals surface area contributed by atoms with Gasteiger partial charge < -0.3 is 0 Å². The van der Waals surface area contributed by atoms with Crippen LogP contribution in [0, 0.1) is 0 Å². The highest BCUT2D eigenvalue weighted by Gasteiger charge is 1.56. The molecule has 0 saturated heterocycles. The van der Waals surface area contributed by atoms with Gasteiger partial charge in [0.05, 0.1) is 0 Å². The summed E-state index contributed by atoms with van der Waals surface area (Å²) < 4.78 is 0. The Bertz CT molecular complexity index is 5.61. The van der Waals surface area contributed by atoms with Gasteiger partial charge in [0.15, 0.2) is 0 Å². The monoisotopic (exact) mass is 69.1 g/mol. The van der Waals surface area contributed by atoms with Crippen LogP contribution in [-0.4, -0.2) is 8.41 Å². The van der Waals surface area contributed by atoms with E-state index in [1.807, 2.05) is 0 Å². The molecule has 0 N–H and O–H groups in total. The molecule has 0 unspecified atom stereocenters. The topological polar surface area (TPSA) is 0 Å². The van der Waals surface area contributed by atoms with Crippen LogP contribution in [0.2, 0.25) is 0 Å². The Morgan fingerprint density at radius 1 is 1.00 bits per heavy atom. The lowest BCUT2D eigenvalue weighted by molar-refractivity contribution is 0.886. The maximum Gasteiger partial charge on any atom is 0 e. The highest BCUT2D eigenvalue weighted by molar-refractivity contribution is 5.75. The number of hydrogen-bond acceptors (Lipinski definition) is 0. The molecule has 0 spiro atoms. The predicted molar refractivity (Wildman–Crippen MR) is 26.3 cm³/mol. The van der Waals surface area contributed by atoms with Crippen molar-refractivity contribution in [2.45, 2.75) is 26.7 Å². The maximum atomic E-state index is 2.18. The summed E-state index contributed by atoms with van der Waals surface area (Å²) in [4.78, 5) is 0. The normalized spacial score (nSPS) is 6.00. The summed E-state index contributed by atoms with van der Waals surface area (Å²) >= 11 is 0. The molecule has 0 aromatic rings. The van der Waals surface area contributed by atoms with Crippen molar-refractivity contribution in [3.63, 3.8) is 0 Å². The van der Waals surface area contributed by atoms with E-state index in [4.69, 9.17) is 0 Å². The van der Waals surface area contributed by atoms with Crippen LogP contribution >= 0.6 is 0 Å². The van der Waals surface area contributed by atoms with E-state index in [1.54, 1.807) is 0 Å². The van der Waals surface area contributed by atoms with Crippen LogP contribution < -0.4 is 0 Å². The van der Waals surface area contributed by atoms with Crippen molar-refractivity contribution in [1.82, 2.24) is 0 Å². The van der Waals surface area contributed by atoms with Crippen LogP contribution in [0.25, 0.3) is 0 Å². The summed E-state index contributed by atoms with van der Waals surface area (Å²) in [6, 6.07) is 0. The molecule has 0 saturated carbocycles. The van der Waals surface area contributed by atoms with Gasteiger partial charge in [-0.25, -0.2) is 0 Å². The molecule has 0 bridgehead atoms. The van der Waals surface area contributed by atoms with Crippen LogP contribution in [-0.2, 0) is 0 Å². The molecule has 0 aromatic carbocycles. The zero-order chi connectivity index (χ0) is 3.41. The molecule has 1 heteroatoms. The maximum absolute atomic E-state index is 2.18. The molecule has 5 heavy (non-hydrogen) atoms. The number of hydrogen-bond donors (Lipinski definition) is 0. The third kappa shape index (κ3) is 15.3. The Kier molecular flexibility index (Phi) is 16.0. The largest absolute Gasteiger partial charge is 0.0654 e. The van der Waals surface area contributed by atoms with E-state index in [9.17, 15) is 0 Å². The minimum atomic E-state index is 0. The molecule has 0 aliphatic heterocycles. The lowest BCUT2D eigenvalue weighted by atomic mass is 10.4. The highest BCUT2D eigenvalue weighted by Crippen LogP contribution is 1.76. The zero-order valence-corrected chi connectivity index (χ0v) is 3.99. The first-order chi connectivity index (χ1) is 1.91. The van der Waals surface area contributed by atoms with Gasteiger partial charge in [0.2, 0.25) is 0 Å². The van der Waals surface area contributed by atoms with Gasteiger partial charge in [0, 0.05) is 8.41 Å². The lowest BCUT2D eigenvalue weighted by Gasteiger charge is -1.68. The van der Waals surface area contributed by atoms with Crippen molar-refractivity contribution in [2.75, 3.05) is 0 Å². The highest BCUT2D eigenvalue weighted by atomic mass is 13.6. The quantitative estimate of drug-likeness (QED) is 0.408. The SMILES string of the molecule is CCCC.[B]. The summed E-state index contributed by atoms with van der Waals surface area (Å²) in [7, 11) is 0. The van der Waals surface area contributed by atoms with Gasteiger partial charge in [-0.3, -0.25) is 0 Å². The van der Waals surface area contributed by atoms with Crippen molar-refractivity contribution in [1.29, 1.82) is 0 Å². The van der Waals surface area contributed by atoms with Crippen LogP contribution in [0.1, 0.15) is 26.7 Å². The molecular weight excluding hydrogens is 58.9 g/mol. The molecule has 0 heterocycles. The van der Waals surface area contributed by atoms with Crippen LogP contribution in [0.5, 0.6) is 0 Å². The second kappa shape index (κ2) is 8.96. The average Bonchev–Trinajstić information content (AvgIpc) is 1.37. The summed E-state index contributed by atoms with van der Waals surface area (Å²) in [5.74, 6) is 0. The first-order valence-electron chi connectivity index (χ1n) is 1.91. The Labute approximate surface area is 36.2 Å². The fraction of sp³-hybridized carbons (Fsp3) is 1.00. The second-order valence-electron chi connectivity index (χ2n) is 1.000. The summed E-state index contributed by atoms with van der Waals surface area (Å²) in [6.07, 6.45) is 2.64. The van der Waals surface area contributed by atoms with Crippen molar-refractivity contribution >= 4 is 8.41 Å². The Morgan fingerprint density at radius 3 is 1.20 bits per heavy atom. The summed E-state index contributed by atoms with van der Waals surface area (Å²) in [5.41, 5.74) is 0. The minimum Gasteiger partial charge on any atom is -0.0654 e. The van der Waals surface area contributed by atoms with Gasteiger partial charge in [-0.05, 0) is 0 Å². The summed E-state index contributed by atoms with van der Waals surface area (Å²) in [6.45, 7) is 4.36. The molecule has 0 aliphatic carbocycles. The molecule has 3 radical (unpaired) electrons. The van der Waals surface area contributed by atoms with Gasteiger partial charge in [0.25, 0.3) is 0 Å². The van der Waals surface area contributed by atoms with E-state index in [1.165, 1.54) is 12.8 Å². The molecule has 0 aromatic heterocycles. The van der Waals surface area contributed by atoms with Gasteiger partial charge >= 0.3 is 0 Å². The number of rotatable bonds is 1. The molecule has 0 nitrogen and oxygen atoms in total. The van der Waals surface area contributed by atoms with Gasteiger partial charge in [0.1, 0.15) is 0 Å². The second-order valence-corrected chi connectivity index (χ2v) is 1.000. The van der Waals surface area contributed by atoms with E-state index >= 15 is 0 Å². The van der Waals surface area contributed by atoms with Gasteiger partial charge in [-0.15, -0.1) is 0 Å². The van der Waals surface area contributed by atoms with Crippen molar-refractivity contribution in [2.24, 2.45) is 0 Å². The molecule has 0 amide bonds. The zero-order valence-electron chi connectivity index (χ0n) is 3.99. The minimum absolute atomic E-state index is 0. The van der Waals surface area contributed by atoms with Crippen LogP contribution in [0.4, 0.5) is 0 Å². The van der Waals surface area contributed by atoms with E-state index < -0.39 is 0 Å². The van der Waals surface area contributed by atoms with Crippen LogP contribution in [0.3, 0.4) is 0 Å². The van der Waals surface area contributed by atoms with E-state index in [2.05, 4.69) is 13.8 Å². The molecule has 0 fully saturated rings. The predicted octanol–water partition coefficient (Wildman–Crippen LogP) is 1.43. The van der Waals surface area contributed by atoms with Crippen molar-refractivity contribution in [3.8, 4) is 0 Å². The number of unbranched alkanes of at least 4 members (excludes halogenated alkanes) is 1. The van der Waals surface area contributed by atoms with E-state index in [-0.39, 0.29) is 8.41 Å². The Morgan fingerprint density at radius 2 is 1.20 bits per heavy atom. The van der Waals surface area contributed by atoms with E-state index in [0.29, 0.717) is 0 Å². The molecule has 29 valence electrons. The first-order valence-corrected chi connectivity index (χ1v) is 1.91. The van der Waals surface area contributed by atoms with E-state index in [0.717, 1.165) is 0 Å². The summed E-state index contributed by atoms with van der Waals surface area (Å²) in [5, 5.41) is 0. The molecule has 0 atom stereocenters. The standard InChI is InChI=1S/C4H10.B/c1-3-4-2;/h3-4H2,1-2H3;. The van der Waals surface area contributed by atoms with Crippen molar-refractivity contribution < 1.29 is 0 Å². The van der Waals surface area contributed by atoms with Crippen molar-refractivity contribution in [3.05, 3.63) is 0 Å². The lowest BCUT2D eigenvalue weighted by Crippen LogP contribution is -1.47. The average molecular weight is 68.9 g/mol. The molecular formula is C4H10B.